The smallest absolute Gasteiger partial charge is 0.305 e. The third-order valence-electron chi connectivity index (χ3n) is 3.12. The van der Waals surface area contributed by atoms with Crippen molar-refractivity contribution < 1.29 is 19.1 Å². The van der Waals surface area contributed by atoms with E-state index in [0.717, 1.165) is 18.4 Å². The van der Waals surface area contributed by atoms with Crippen LogP contribution in [0.15, 0.2) is 23.8 Å². The van der Waals surface area contributed by atoms with Crippen LogP contribution in [0.25, 0.3) is 0 Å². The molecular weight excluding hydrogens is 268 g/mol. The van der Waals surface area contributed by atoms with Crippen molar-refractivity contribution in [2.45, 2.75) is 64.6 Å². The number of hydrogen-bond donors (Lipinski definition) is 0. The van der Waals surface area contributed by atoms with Crippen molar-refractivity contribution in [3.05, 3.63) is 23.8 Å². The minimum absolute atomic E-state index is 0.0970. The fourth-order valence-electron chi connectivity index (χ4n) is 2.20. The van der Waals surface area contributed by atoms with Gasteiger partial charge in [-0.2, -0.15) is 0 Å². The van der Waals surface area contributed by atoms with Crippen molar-refractivity contribution in [1.82, 2.24) is 0 Å². The van der Waals surface area contributed by atoms with E-state index in [2.05, 4.69) is 4.74 Å². The SMILES string of the molecule is COC(=O)CCCC=CCC1=CC(OC(C)(C)C)CC1=O. The molecule has 1 rings (SSSR count). The van der Waals surface area contributed by atoms with Gasteiger partial charge in [0.05, 0.1) is 18.8 Å². The maximum Gasteiger partial charge on any atom is 0.305 e. The van der Waals surface area contributed by atoms with E-state index >= 15 is 0 Å². The quantitative estimate of drug-likeness (QED) is 0.410. The van der Waals surface area contributed by atoms with E-state index in [1.54, 1.807) is 0 Å². The average molecular weight is 294 g/mol. The molecule has 118 valence electrons. The Kier molecular flexibility index (Phi) is 6.82. The van der Waals surface area contributed by atoms with Gasteiger partial charge in [0, 0.05) is 12.8 Å². The molecule has 0 aromatic carbocycles. The molecule has 0 spiro atoms. The third-order valence-corrected chi connectivity index (χ3v) is 3.12. The minimum atomic E-state index is -0.235. The van der Waals surface area contributed by atoms with E-state index in [0.29, 0.717) is 19.3 Å². The minimum Gasteiger partial charge on any atom is -0.469 e. The van der Waals surface area contributed by atoms with E-state index in [1.165, 1.54) is 7.11 Å². The van der Waals surface area contributed by atoms with Crippen LogP contribution in [0.3, 0.4) is 0 Å². The second kappa shape index (κ2) is 8.13. The Balaban J connectivity index is 2.32. The van der Waals surface area contributed by atoms with Gasteiger partial charge in [0.15, 0.2) is 5.78 Å². The number of carbonyl (C=O) groups is 2. The number of allylic oxidation sites excluding steroid dienone is 3. The van der Waals surface area contributed by atoms with Crippen molar-refractivity contribution in [3.63, 3.8) is 0 Å². The summed E-state index contributed by atoms with van der Waals surface area (Å²) in [4.78, 5) is 22.8. The number of esters is 1. The van der Waals surface area contributed by atoms with Gasteiger partial charge in [-0.3, -0.25) is 9.59 Å². The van der Waals surface area contributed by atoms with Crippen LogP contribution in [0.4, 0.5) is 0 Å². The van der Waals surface area contributed by atoms with E-state index in [-0.39, 0.29) is 23.5 Å². The Hall–Kier alpha value is -1.42. The molecule has 1 unspecified atom stereocenters. The number of unbranched alkanes of at least 4 members (excludes halogenated alkanes) is 1. The lowest BCUT2D eigenvalue weighted by atomic mass is 10.1. The normalized spacial score (nSPS) is 19.1. The summed E-state index contributed by atoms with van der Waals surface area (Å²) >= 11 is 0. The Labute approximate surface area is 127 Å². The number of hydrogen-bond acceptors (Lipinski definition) is 4. The highest BCUT2D eigenvalue weighted by Crippen LogP contribution is 2.24. The number of Topliss-reactive ketones (excluding diaryl/α,β-unsaturated/α-hetero) is 1. The van der Waals surface area contributed by atoms with Crippen LogP contribution in [-0.4, -0.2) is 30.6 Å². The van der Waals surface area contributed by atoms with Crippen LogP contribution in [0, 0.1) is 0 Å². The van der Waals surface area contributed by atoms with Crippen molar-refractivity contribution in [1.29, 1.82) is 0 Å². The first-order valence-electron chi connectivity index (χ1n) is 7.45. The fraction of sp³-hybridized carbons (Fsp3) is 0.647. The number of ether oxygens (including phenoxy) is 2. The molecule has 1 atom stereocenters. The molecule has 0 aromatic rings. The van der Waals surface area contributed by atoms with Gasteiger partial charge in [-0.05, 0) is 51.7 Å². The van der Waals surface area contributed by atoms with E-state index < -0.39 is 0 Å². The van der Waals surface area contributed by atoms with E-state index in [1.807, 2.05) is 39.0 Å². The standard InChI is InChI=1S/C17H26O4/c1-17(2,3)21-14-11-13(15(18)12-14)9-7-5-6-8-10-16(19)20-4/h5,7,11,14H,6,8-10,12H2,1-4H3. The summed E-state index contributed by atoms with van der Waals surface area (Å²) in [6, 6.07) is 0. The highest BCUT2D eigenvalue weighted by molar-refractivity contribution is 5.98. The summed E-state index contributed by atoms with van der Waals surface area (Å²) in [5, 5.41) is 0. The lowest BCUT2D eigenvalue weighted by molar-refractivity contribution is -0.140. The molecular formula is C17H26O4. The zero-order valence-corrected chi connectivity index (χ0v) is 13.5. The molecule has 0 amide bonds. The molecule has 0 aromatic heterocycles. The molecule has 0 fully saturated rings. The molecule has 21 heavy (non-hydrogen) atoms. The van der Waals surface area contributed by atoms with Crippen molar-refractivity contribution in [2.24, 2.45) is 0 Å². The summed E-state index contributed by atoms with van der Waals surface area (Å²) in [5.74, 6) is -0.0114. The first-order chi connectivity index (χ1) is 9.81. The molecule has 4 nitrogen and oxygen atoms in total. The fourth-order valence-corrected chi connectivity index (χ4v) is 2.20. The van der Waals surface area contributed by atoms with Crippen LogP contribution in [0.2, 0.25) is 0 Å². The second-order valence-corrected chi connectivity index (χ2v) is 6.23. The van der Waals surface area contributed by atoms with Crippen molar-refractivity contribution in [3.8, 4) is 0 Å². The molecule has 0 aliphatic heterocycles. The second-order valence-electron chi connectivity index (χ2n) is 6.23. The largest absolute Gasteiger partial charge is 0.469 e. The van der Waals surface area contributed by atoms with Gasteiger partial charge in [0.1, 0.15) is 0 Å². The van der Waals surface area contributed by atoms with Crippen LogP contribution < -0.4 is 0 Å². The van der Waals surface area contributed by atoms with Gasteiger partial charge in [0.25, 0.3) is 0 Å². The third kappa shape index (κ3) is 7.23. The van der Waals surface area contributed by atoms with Gasteiger partial charge in [0.2, 0.25) is 0 Å². The number of carbonyl (C=O) groups excluding carboxylic acids is 2. The molecule has 0 bridgehead atoms. The topological polar surface area (TPSA) is 52.6 Å². The Morgan fingerprint density at radius 2 is 2.10 bits per heavy atom. The zero-order valence-electron chi connectivity index (χ0n) is 13.5. The lowest BCUT2D eigenvalue weighted by Gasteiger charge is -2.23. The molecule has 1 aliphatic carbocycles. The summed E-state index contributed by atoms with van der Waals surface area (Å²) < 4.78 is 10.4. The highest BCUT2D eigenvalue weighted by Gasteiger charge is 2.27. The van der Waals surface area contributed by atoms with E-state index in [9.17, 15) is 9.59 Å². The number of methoxy groups -OCH3 is 1. The van der Waals surface area contributed by atoms with Gasteiger partial charge in [-0.1, -0.05) is 12.2 Å². The van der Waals surface area contributed by atoms with Gasteiger partial charge >= 0.3 is 5.97 Å². The number of rotatable bonds is 7. The molecule has 0 radical (unpaired) electrons. The molecule has 0 N–H and O–H groups in total. The molecule has 1 aliphatic rings. The van der Waals surface area contributed by atoms with Gasteiger partial charge < -0.3 is 9.47 Å². The maximum atomic E-state index is 11.9. The first kappa shape index (κ1) is 17.6. The summed E-state index contributed by atoms with van der Waals surface area (Å²) in [7, 11) is 1.40. The summed E-state index contributed by atoms with van der Waals surface area (Å²) in [5.41, 5.74) is 0.592. The van der Waals surface area contributed by atoms with Crippen LogP contribution >= 0.6 is 0 Å². The van der Waals surface area contributed by atoms with Crippen LogP contribution in [-0.2, 0) is 19.1 Å². The molecule has 0 saturated heterocycles. The van der Waals surface area contributed by atoms with Gasteiger partial charge in [-0.25, -0.2) is 0 Å². The maximum absolute atomic E-state index is 11.9. The highest BCUT2D eigenvalue weighted by atomic mass is 16.5. The Morgan fingerprint density at radius 3 is 2.71 bits per heavy atom. The number of ketones is 1. The first-order valence-corrected chi connectivity index (χ1v) is 7.45. The summed E-state index contributed by atoms with van der Waals surface area (Å²) in [6.45, 7) is 5.97. The summed E-state index contributed by atoms with van der Waals surface area (Å²) in [6.07, 6.45) is 8.94. The average Bonchev–Trinajstić information content (AvgIpc) is 2.71. The van der Waals surface area contributed by atoms with Crippen LogP contribution in [0.1, 0.15) is 52.9 Å². The monoisotopic (exact) mass is 294 g/mol. The predicted octanol–water partition coefficient (Wildman–Crippen LogP) is 3.36. The Bertz CT molecular complexity index is 427. The van der Waals surface area contributed by atoms with Gasteiger partial charge in [-0.15, -0.1) is 0 Å². The Morgan fingerprint density at radius 1 is 1.38 bits per heavy atom. The van der Waals surface area contributed by atoms with Crippen molar-refractivity contribution >= 4 is 11.8 Å². The zero-order chi connectivity index (χ0) is 15.9. The van der Waals surface area contributed by atoms with Crippen LogP contribution in [0.5, 0.6) is 0 Å². The molecule has 4 heteroatoms. The predicted molar refractivity (Wildman–Crippen MR) is 82.0 cm³/mol. The lowest BCUT2D eigenvalue weighted by Crippen LogP contribution is -2.25. The van der Waals surface area contributed by atoms with E-state index in [4.69, 9.17) is 4.74 Å². The van der Waals surface area contributed by atoms with Crippen molar-refractivity contribution in [2.75, 3.05) is 7.11 Å². The molecule has 0 saturated carbocycles. The molecule has 0 heterocycles.